The molecule has 6 heterocycles. The van der Waals surface area contributed by atoms with Crippen LogP contribution in [0.15, 0.2) is 214 Å². The minimum Gasteiger partial charge on any atom is -0.495 e. The van der Waals surface area contributed by atoms with Gasteiger partial charge in [0.1, 0.15) is 52.8 Å². The normalized spacial score (nSPS) is 28.0. The molecule has 14 N–H and O–H groups in total. The smallest absolute Gasteiger partial charge is 0.310 e. The number of nitrogens with one attached hydrogen (secondary N) is 2. The Hall–Kier alpha value is -8.98. The molecule has 112 heavy (non-hydrogen) atoms. The second-order valence-corrected chi connectivity index (χ2v) is 33.2. The molecule has 3 aliphatic heterocycles. The van der Waals surface area contributed by atoms with Gasteiger partial charge in [-0.1, -0.05) is 175 Å². The minimum atomic E-state index is -2.12. The largest absolute Gasteiger partial charge is 0.495 e. The van der Waals surface area contributed by atoms with Gasteiger partial charge in [-0.15, -0.1) is 0 Å². The van der Waals surface area contributed by atoms with Crippen LogP contribution in [0.25, 0.3) is 0 Å². The Labute approximate surface area is 672 Å². The Morgan fingerprint density at radius 1 is 0.429 bits per heavy atom. The number of carboxylic acids is 1. The summed E-state index contributed by atoms with van der Waals surface area (Å²) in [6.45, 7) is 9.92. The third-order valence-electron chi connectivity index (χ3n) is 21.7. The van der Waals surface area contributed by atoms with E-state index in [1.54, 1.807) is 114 Å². The predicted molar refractivity (Wildman–Crippen MR) is 421 cm³/mol. The van der Waals surface area contributed by atoms with Gasteiger partial charge in [-0.2, -0.15) is 0 Å². The number of methoxy groups -OCH3 is 3. The first-order valence-corrected chi connectivity index (χ1v) is 38.3. The van der Waals surface area contributed by atoms with Gasteiger partial charge in [0.05, 0.1) is 110 Å². The van der Waals surface area contributed by atoms with Crippen LogP contribution in [0.5, 0.6) is 34.5 Å². The number of aliphatic hydroxyl groups is 9. The quantitative estimate of drug-likeness (QED) is 0.0404. The Kier molecular flexibility index (Phi) is 23.1. The maximum Gasteiger partial charge on any atom is 0.310 e. The van der Waals surface area contributed by atoms with E-state index < -0.39 is 122 Å². The second-order valence-electron chi connectivity index (χ2n) is 30.5. The molecule has 28 heteroatoms. The fourth-order valence-electron chi connectivity index (χ4n) is 17.0. The summed E-state index contributed by atoms with van der Waals surface area (Å²) < 4.78 is 38.8. The Balaban J connectivity index is 0.000000150. The van der Waals surface area contributed by atoms with Crippen molar-refractivity contribution in [3.63, 3.8) is 0 Å². The number of hydrogen-bond donors (Lipinski definition) is 13. The molecule has 0 unspecified atom stereocenters. The number of aromatic nitrogens is 3. The van der Waals surface area contributed by atoms with Crippen LogP contribution in [0.3, 0.4) is 0 Å². The molecule has 25 nitrogen and oxygen atoms in total. The Morgan fingerprint density at radius 2 is 0.679 bits per heavy atom. The summed E-state index contributed by atoms with van der Waals surface area (Å²) in [4.78, 5) is 52.5. The number of carboxylic acid groups (broad SMARTS) is 1. The van der Waals surface area contributed by atoms with Crippen molar-refractivity contribution in [2.24, 2.45) is 23.5 Å². The number of aliphatic carboxylic acids is 1. The molecule has 3 aliphatic carbocycles. The molecule has 6 aliphatic rings. The monoisotopic (exact) mass is 1720 g/mol. The van der Waals surface area contributed by atoms with Crippen molar-refractivity contribution < 1.29 is 93.9 Å². The number of hydrogen-bond acceptors (Lipinski definition) is 22. The van der Waals surface area contributed by atoms with Crippen molar-refractivity contribution in [2.45, 2.75) is 128 Å². The molecular weight excluding hydrogens is 1640 g/mol. The van der Waals surface area contributed by atoms with E-state index in [0.717, 1.165) is 13.4 Å². The van der Waals surface area contributed by atoms with Gasteiger partial charge in [0.2, 0.25) is 11.8 Å². The average Bonchev–Trinajstić information content (AvgIpc) is 1.51. The highest BCUT2D eigenvalue weighted by Gasteiger charge is 2.81. The van der Waals surface area contributed by atoms with E-state index in [1.807, 2.05) is 91.0 Å². The van der Waals surface area contributed by atoms with Crippen LogP contribution in [0.4, 0.5) is 0 Å². The van der Waals surface area contributed by atoms with E-state index in [4.69, 9.17) is 39.3 Å². The number of nitrogens with two attached hydrogens (primary N) is 1. The lowest BCUT2D eigenvalue weighted by atomic mass is 9.70. The number of aliphatic hydroxyl groups excluding tert-OH is 3. The van der Waals surface area contributed by atoms with E-state index in [2.05, 4.69) is 73.4 Å². The summed E-state index contributed by atoms with van der Waals surface area (Å²) in [5.74, 6) is -7.00. The van der Waals surface area contributed by atoms with Crippen molar-refractivity contribution >= 4 is 65.6 Å². The van der Waals surface area contributed by atoms with Crippen LogP contribution in [0.1, 0.15) is 109 Å². The van der Waals surface area contributed by atoms with Crippen LogP contribution >= 0.6 is 47.8 Å². The van der Waals surface area contributed by atoms with Crippen LogP contribution in [0.2, 0.25) is 0 Å². The summed E-state index contributed by atoms with van der Waals surface area (Å²) in [5, 5.41) is 118. The van der Waals surface area contributed by atoms with E-state index in [-0.39, 0.29) is 64.3 Å². The number of pyridine rings is 3. The van der Waals surface area contributed by atoms with E-state index in [9.17, 15) is 60.3 Å². The van der Waals surface area contributed by atoms with Gasteiger partial charge in [0, 0.05) is 50.8 Å². The minimum absolute atomic E-state index is 0.0367. The van der Waals surface area contributed by atoms with Crippen LogP contribution < -0.4 is 44.8 Å². The topological polar surface area (TPSA) is 398 Å². The number of carbonyl (C=O) groups excluding carboxylic acids is 2. The second kappa shape index (κ2) is 31.4. The lowest BCUT2D eigenvalue weighted by Crippen LogP contribution is -2.52. The summed E-state index contributed by atoms with van der Waals surface area (Å²) in [5.41, 5.74) is -4.76. The molecule has 2 amide bonds. The van der Waals surface area contributed by atoms with Crippen molar-refractivity contribution in [3.05, 3.63) is 264 Å². The number of ether oxygens (including phenoxy) is 6. The number of nitrogens with zero attached hydrogens (tertiary/aromatic N) is 3. The first-order valence-electron chi connectivity index (χ1n) is 35.9. The highest BCUT2D eigenvalue weighted by molar-refractivity contribution is 9.11. The molecule has 6 aromatic carbocycles. The fraction of sp³-hybridized carbons (Fsp3) is 0.357. The van der Waals surface area contributed by atoms with Gasteiger partial charge in [-0.3, -0.25) is 29.3 Å². The lowest BCUT2D eigenvalue weighted by Gasteiger charge is -2.40. The van der Waals surface area contributed by atoms with Gasteiger partial charge in [-0.25, -0.2) is 0 Å². The van der Waals surface area contributed by atoms with E-state index >= 15 is 0 Å². The summed E-state index contributed by atoms with van der Waals surface area (Å²) in [6.07, 6.45) is 3.83. The molecule has 3 aromatic heterocycles. The zero-order chi connectivity index (χ0) is 81.1. The number of fused-ring (bicyclic) bond motifs is 9. The summed E-state index contributed by atoms with van der Waals surface area (Å²) in [7, 11) is 4.32. The lowest BCUT2D eigenvalue weighted by molar-refractivity contribution is -0.159. The number of carbonyl (C=O) groups is 3. The zero-order valence-corrected chi connectivity index (χ0v) is 67.3. The van der Waals surface area contributed by atoms with E-state index in [0.29, 0.717) is 39.9 Å². The first-order chi connectivity index (χ1) is 53.0. The van der Waals surface area contributed by atoms with Crippen molar-refractivity contribution in [1.82, 2.24) is 25.6 Å². The maximum atomic E-state index is 13.8. The first kappa shape index (κ1) is 82.5. The van der Waals surface area contributed by atoms with Crippen molar-refractivity contribution in [3.8, 4) is 34.5 Å². The molecule has 590 valence electrons. The van der Waals surface area contributed by atoms with Gasteiger partial charge in [-0.05, 0) is 111 Å². The third kappa shape index (κ3) is 13.9. The van der Waals surface area contributed by atoms with Crippen LogP contribution in [-0.2, 0) is 48.0 Å². The van der Waals surface area contributed by atoms with E-state index in [1.165, 1.54) is 58.5 Å². The zero-order valence-electron chi connectivity index (χ0n) is 62.6. The predicted octanol–water partition coefficient (Wildman–Crippen LogP) is 8.88. The van der Waals surface area contributed by atoms with Crippen molar-refractivity contribution in [1.29, 1.82) is 0 Å². The molecule has 0 bridgehead atoms. The molecule has 0 spiro atoms. The highest BCUT2D eigenvalue weighted by Crippen LogP contribution is 2.73. The Bertz CT molecular complexity index is 4690. The molecule has 3 fully saturated rings. The fourth-order valence-corrected chi connectivity index (χ4v) is 17.8. The number of rotatable bonds is 17. The van der Waals surface area contributed by atoms with Gasteiger partial charge in [0.25, 0.3) is 0 Å². The summed E-state index contributed by atoms with van der Waals surface area (Å²) >= 11 is 10.3. The van der Waals surface area contributed by atoms with Crippen LogP contribution in [-0.4, -0.2) is 160 Å². The highest BCUT2D eigenvalue weighted by atomic mass is 79.9. The molecule has 15 rings (SSSR count). The van der Waals surface area contributed by atoms with Gasteiger partial charge in [0.15, 0.2) is 33.6 Å². The van der Waals surface area contributed by atoms with Gasteiger partial charge >= 0.3 is 5.97 Å². The maximum absolute atomic E-state index is 13.8. The van der Waals surface area contributed by atoms with Crippen molar-refractivity contribution in [2.75, 3.05) is 41.0 Å². The standard InChI is InChI=1S/2C28H29BrN2O6.C24H20BrNO6.C4H11NO/c2*1-26(2,34)15-31-25(33)21-22(16-7-5-4-6-8-16)28(17-9-11-18(29)12-10-17)27(35,24(21)32)23-19(36-3)13-30-14-20(23)37-28;1-31-16-11-26-12-17-20(16)23(30)21(27)18(22(28)29)19(13-5-3-2-4-6-13)24(23,32-17)14-7-9-15(25)10-8-14;1-4(2,6)3-5/h2*4-14,21-22,24,32,34-35H,15H2,1-3H3,(H,31,33);2-12,18-19,21,27,30H,1H3,(H,28,29);6H,3,5H2,1-2H3/t2*21-,22-,24-,27+,28+;18-,19-,21-,23+,24+;/m111./s1. The third-order valence-corrected chi connectivity index (χ3v) is 23.3. The Morgan fingerprint density at radius 3 is 0.911 bits per heavy atom. The van der Waals surface area contributed by atoms with Crippen LogP contribution in [0, 0.1) is 17.8 Å². The average molecular weight is 1730 g/mol. The SMILES string of the molecule is CC(C)(O)CN.COc1cncc2c1[C@]1(O)[C@H](O)[C@H](C(=O)NCC(C)(C)O)[C@@H](c3ccccc3)[C@]1(c1ccc(Br)cc1)O2.COc1cncc2c1[C@]1(O)[C@H](O)[C@H](C(=O)NCC(C)(C)O)[C@@H](c3ccccc3)[C@]1(c1ccc(Br)cc1)O2.COc1cncc2c1[C@]1(O)[C@H](O)[C@H](C(=O)O)[C@@H](c3ccccc3)[C@]1(c1ccc(Br)cc1)O2. The number of halogens is 3. The van der Waals surface area contributed by atoms with Gasteiger partial charge < -0.3 is 95.9 Å². The summed E-state index contributed by atoms with van der Waals surface area (Å²) in [6, 6.07) is 49.0. The molecule has 9 aromatic rings. The molecule has 0 radical (unpaired) electrons. The number of benzene rings is 6. The molecule has 15 atom stereocenters. The molecule has 3 saturated carbocycles. The molecular formula is C84H89Br3N6O19. The molecule has 0 saturated heterocycles. The number of amides is 2.